The van der Waals surface area contributed by atoms with Crippen molar-refractivity contribution in [2.24, 2.45) is 0 Å². The van der Waals surface area contributed by atoms with Crippen LogP contribution in [0.5, 0.6) is 0 Å². The Kier molecular flexibility index (Phi) is 4.90. The van der Waals surface area contributed by atoms with Crippen LogP contribution >= 0.6 is 22.9 Å². The Bertz CT molecular complexity index is 692. The molecule has 22 heavy (non-hydrogen) atoms. The number of anilines is 2. The van der Waals surface area contributed by atoms with Crippen LogP contribution in [0.3, 0.4) is 0 Å². The molecule has 0 aliphatic rings. The molecule has 0 amide bonds. The topological polar surface area (TPSA) is 3.24 Å². The summed E-state index contributed by atoms with van der Waals surface area (Å²) in [6.45, 7) is 17.8. The first kappa shape index (κ1) is 17.3. The summed E-state index contributed by atoms with van der Waals surface area (Å²) in [7, 11) is 0. The summed E-state index contributed by atoms with van der Waals surface area (Å²) in [5.41, 5.74) is 13.7. The molecule has 0 radical (unpaired) electrons. The van der Waals surface area contributed by atoms with Crippen molar-refractivity contribution < 1.29 is 0 Å². The first-order valence-corrected chi connectivity index (χ1v) is 8.74. The molecule has 0 heterocycles. The van der Waals surface area contributed by atoms with E-state index >= 15 is 0 Å². The second-order valence-electron chi connectivity index (χ2n) is 6.46. The fourth-order valence-electron chi connectivity index (χ4n) is 3.03. The van der Waals surface area contributed by atoms with Crippen LogP contribution in [0.4, 0.5) is 11.4 Å². The summed E-state index contributed by atoms with van der Waals surface area (Å²) in [5, 5.41) is 0. The molecule has 2 aromatic carbocycles. The van der Waals surface area contributed by atoms with E-state index in [0.717, 1.165) is 0 Å². The van der Waals surface area contributed by atoms with E-state index in [1.165, 1.54) is 55.9 Å². The number of benzene rings is 2. The van der Waals surface area contributed by atoms with E-state index in [9.17, 15) is 0 Å². The minimum Gasteiger partial charge on any atom is -0.282 e. The van der Waals surface area contributed by atoms with E-state index in [4.69, 9.17) is 0 Å². The van der Waals surface area contributed by atoms with Gasteiger partial charge in [-0.3, -0.25) is 3.11 Å². The molecule has 0 fully saturated rings. The van der Waals surface area contributed by atoms with Crippen LogP contribution < -0.4 is 3.11 Å². The van der Waals surface area contributed by atoms with E-state index < -0.39 is 0 Å². The van der Waals surface area contributed by atoms with Gasteiger partial charge in [0.2, 0.25) is 0 Å². The molecular weight excluding hydrogens is 381 g/mol. The minimum atomic E-state index is 1.26. The van der Waals surface area contributed by atoms with Crippen molar-refractivity contribution in [1.29, 1.82) is 0 Å². The molecule has 2 aromatic rings. The smallest absolute Gasteiger partial charge is 0.0646 e. The molecule has 0 saturated carbocycles. The van der Waals surface area contributed by atoms with Crippen LogP contribution in [-0.2, 0) is 0 Å². The van der Waals surface area contributed by atoms with Gasteiger partial charge in [0, 0.05) is 0 Å². The lowest BCUT2D eigenvalue weighted by atomic mass is 9.92. The van der Waals surface area contributed by atoms with Crippen LogP contribution in [0.1, 0.15) is 44.5 Å². The highest BCUT2D eigenvalue weighted by molar-refractivity contribution is 14.1. The van der Waals surface area contributed by atoms with E-state index in [0.29, 0.717) is 0 Å². The van der Waals surface area contributed by atoms with Crippen LogP contribution in [0.2, 0.25) is 0 Å². The Balaban J connectivity index is 2.67. The molecule has 0 unspecified atom stereocenters. The van der Waals surface area contributed by atoms with Crippen molar-refractivity contribution in [3.05, 3.63) is 56.6 Å². The van der Waals surface area contributed by atoms with Gasteiger partial charge in [-0.05, 0) is 112 Å². The van der Waals surface area contributed by atoms with Crippen molar-refractivity contribution >= 4 is 34.2 Å². The van der Waals surface area contributed by atoms with Crippen LogP contribution in [0.15, 0.2) is 12.1 Å². The molecule has 118 valence electrons. The fourth-order valence-corrected chi connectivity index (χ4v) is 4.03. The molecule has 0 aliphatic carbocycles. The molecule has 0 saturated heterocycles. The number of halogens is 1. The van der Waals surface area contributed by atoms with Crippen LogP contribution in [0.25, 0.3) is 0 Å². The lowest BCUT2D eigenvalue weighted by molar-refractivity contribution is 1.16. The number of hydrogen-bond acceptors (Lipinski definition) is 1. The first-order chi connectivity index (χ1) is 10.2. The number of hydrogen-bond donors (Lipinski definition) is 0. The van der Waals surface area contributed by atoms with Crippen molar-refractivity contribution in [3.63, 3.8) is 0 Å². The summed E-state index contributed by atoms with van der Waals surface area (Å²) in [6, 6.07) is 4.58. The van der Waals surface area contributed by atoms with E-state index in [1.54, 1.807) is 0 Å². The highest BCUT2D eigenvalue weighted by Gasteiger charge is 2.18. The summed E-state index contributed by atoms with van der Waals surface area (Å²) < 4.78 is 2.32. The monoisotopic (exact) mass is 407 g/mol. The maximum absolute atomic E-state index is 2.45. The quantitative estimate of drug-likeness (QED) is 0.398. The summed E-state index contributed by atoms with van der Waals surface area (Å²) in [5.74, 6) is 0. The maximum atomic E-state index is 2.45. The van der Waals surface area contributed by atoms with Gasteiger partial charge in [0.05, 0.1) is 34.2 Å². The Hall–Kier alpha value is -1.03. The summed E-state index contributed by atoms with van der Waals surface area (Å²) in [4.78, 5) is 0. The van der Waals surface area contributed by atoms with Gasteiger partial charge < -0.3 is 0 Å². The molecule has 0 aliphatic heterocycles. The normalized spacial score (nSPS) is 11.0. The average Bonchev–Trinajstić information content (AvgIpc) is 2.48. The van der Waals surface area contributed by atoms with Gasteiger partial charge in [-0.15, -0.1) is 0 Å². The first-order valence-electron chi connectivity index (χ1n) is 7.77. The number of aryl methyl sites for hydroxylation is 2. The zero-order valence-corrected chi connectivity index (χ0v) is 17.1. The maximum Gasteiger partial charge on any atom is 0.0646 e. The average molecular weight is 407 g/mol. The lowest BCUT2D eigenvalue weighted by Crippen LogP contribution is -2.09. The number of nitrogens with zero attached hydrogens (tertiary/aromatic N) is 1. The molecule has 2 heteroatoms. The third-order valence-corrected chi connectivity index (χ3v) is 6.33. The van der Waals surface area contributed by atoms with Gasteiger partial charge >= 0.3 is 0 Å². The van der Waals surface area contributed by atoms with Crippen molar-refractivity contribution in [1.82, 2.24) is 0 Å². The molecule has 1 nitrogen and oxygen atoms in total. The molecule has 0 N–H and O–H groups in total. The number of rotatable bonds is 2. The Labute approximate surface area is 149 Å². The molecular formula is C20H26IN. The van der Waals surface area contributed by atoms with Crippen molar-refractivity contribution in [3.8, 4) is 0 Å². The lowest BCUT2D eigenvalue weighted by Gasteiger charge is -2.26. The largest absolute Gasteiger partial charge is 0.282 e. The molecule has 0 bridgehead atoms. The predicted molar refractivity (Wildman–Crippen MR) is 107 cm³/mol. The third kappa shape index (κ3) is 2.78. The Morgan fingerprint density at radius 3 is 1.36 bits per heavy atom. The van der Waals surface area contributed by atoms with E-state index in [1.807, 2.05) is 0 Å². The summed E-state index contributed by atoms with van der Waals surface area (Å²) >= 11 is 2.45. The molecule has 2 rings (SSSR count). The zero-order chi connectivity index (χ0) is 16.8. The summed E-state index contributed by atoms with van der Waals surface area (Å²) in [6.07, 6.45) is 0. The fraction of sp³-hybridized carbons (Fsp3) is 0.400. The van der Waals surface area contributed by atoms with Crippen molar-refractivity contribution in [2.75, 3.05) is 3.11 Å². The predicted octanol–water partition coefficient (Wildman–Crippen LogP) is 6.64. The van der Waals surface area contributed by atoms with Gasteiger partial charge in [0.1, 0.15) is 0 Å². The third-order valence-electron chi connectivity index (χ3n) is 5.30. The second-order valence-corrected chi connectivity index (χ2v) is 7.42. The van der Waals surface area contributed by atoms with Crippen molar-refractivity contribution in [2.45, 2.75) is 55.4 Å². The zero-order valence-electron chi connectivity index (χ0n) is 15.0. The molecule has 0 aromatic heterocycles. The Morgan fingerprint density at radius 2 is 0.955 bits per heavy atom. The Morgan fingerprint density at radius 1 is 0.591 bits per heavy atom. The highest BCUT2D eigenvalue weighted by atomic mass is 127. The van der Waals surface area contributed by atoms with E-state index in [2.05, 4.69) is 93.5 Å². The highest BCUT2D eigenvalue weighted by Crippen LogP contribution is 2.40. The van der Waals surface area contributed by atoms with Crippen LogP contribution in [-0.4, -0.2) is 0 Å². The van der Waals surface area contributed by atoms with Gasteiger partial charge in [-0.2, -0.15) is 0 Å². The van der Waals surface area contributed by atoms with Gasteiger partial charge in [0.15, 0.2) is 0 Å². The van der Waals surface area contributed by atoms with Gasteiger partial charge in [-0.1, -0.05) is 0 Å². The van der Waals surface area contributed by atoms with Gasteiger partial charge in [-0.25, -0.2) is 0 Å². The SMILES string of the molecule is Cc1cc(N(I)c2c(C)c(C)c(C)c(C)c2C)cc(C)c1C. The van der Waals surface area contributed by atoms with E-state index in [-0.39, 0.29) is 0 Å². The molecule has 0 atom stereocenters. The standard InChI is InChI=1S/C20H26IN/c1-11-9-19(10-12(2)13(11)3)22(21)20-17(7)15(5)14(4)16(6)18(20)8/h9-10H,1-8H3. The van der Waals surface area contributed by atoms with Gasteiger partial charge in [0.25, 0.3) is 0 Å². The molecule has 0 spiro atoms. The second kappa shape index (κ2) is 6.23. The van der Waals surface area contributed by atoms with Crippen LogP contribution in [0, 0.1) is 55.4 Å². The minimum absolute atomic E-state index is 1.26.